The highest BCUT2D eigenvalue weighted by molar-refractivity contribution is 5.92. The third-order valence-electron chi connectivity index (χ3n) is 2.81. The van der Waals surface area contributed by atoms with Gasteiger partial charge in [0.1, 0.15) is 18.1 Å². The monoisotopic (exact) mass is 259 g/mol. The number of aryl methyl sites for hydroxylation is 1. The van der Waals surface area contributed by atoms with Gasteiger partial charge < -0.3 is 14.6 Å². The maximum Gasteiger partial charge on any atom is 0.244 e. The molecule has 1 heterocycles. The van der Waals surface area contributed by atoms with E-state index in [4.69, 9.17) is 4.74 Å². The number of nitrogens with one attached hydrogen (secondary N) is 1. The lowest BCUT2D eigenvalue weighted by molar-refractivity contribution is -0.116. The molecule has 19 heavy (non-hydrogen) atoms. The largest absolute Gasteiger partial charge is 0.495 e. The number of nitrogens with zero attached hydrogens (tertiary/aromatic N) is 2. The number of carbonyl (C=O) groups excluding carboxylic acids is 1. The first-order chi connectivity index (χ1) is 9.24. The van der Waals surface area contributed by atoms with E-state index >= 15 is 0 Å². The van der Waals surface area contributed by atoms with Crippen LogP contribution in [0.4, 0.5) is 5.69 Å². The molecular formula is C14H17N3O2. The number of hydrogen-bond acceptors (Lipinski definition) is 3. The smallest absolute Gasteiger partial charge is 0.244 e. The first-order valence-electron chi connectivity index (χ1n) is 6.17. The zero-order valence-corrected chi connectivity index (χ0v) is 11.1. The van der Waals surface area contributed by atoms with Crippen molar-refractivity contribution in [2.45, 2.75) is 19.9 Å². The fourth-order valence-electron chi connectivity index (χ4n) is 1.89. The molecule has 5 heteroatoms. The number of carbonyl (C=O) groups is 1. The summed E-state index contributed by atoms with van der Waals surface area (Å²) in [6.45, 7) is 2.26. The number of para-hydroxylation sites is 2. The Morgan fingerprint density at radius 1 is 1.42 bits per heavy atom. The summed E-state index contributed by atoms with van der Waals surface area (Å²) in [7, 11) is 1.58. The van der Waals surface area contributed by atoms with Gasteiger partial charge in [0.05, 0.1) is 12.8 Å². The van der Waals surface area contributed by atoms with E-state index in [1.165, 1.54) is 0 Å². The van der Waals surface area contributed by atoms with E-state index in [1.807, 2.05) is 35.8 Å². The molecule has 0 saturated carbocycles. The number of benzene rings is 1. The van der Waals surface area contributed by atoms with Crippen molar-refractivity contribution in [2.24, 2.45) is 0 Å². The van der Waals surface area contributed by atoms with Crippen molar-refractivity contribution in [1.29, 1.82) is 0 Å². The van der Waals surface area contributed by atoms with Gasteiger partial charge in [-0.3, -0.25) is 4.79 Å². The van der Waals surface area contributed by atoms with Gasteiger partial charge in [-0.25, -0.2) is 4.98 Å². The van der Waals surface area contributed by atoms with Gasteiger partial charge in [0.25, 0.3) is 0 Å². The third kappa shape index (κ3) is 3.13. The van der Waals surface area contributed by atoms with Gasteiger partial charge in [0.15, 0.2) is 0 Å². The third-order valence-corrected chi connectivity index (χ3v) is 2.81. The summed E-state index contributed by atoms with van der Waals surface area (Å²) in [6, 6.07) is 7.34. The maximum absolute atomic E-state index is 12.0. The number of amides is 1. The SMILES string of the molecule is CCc1nccn1CC(=O)Nc1ccccc1OC. The van der Waals surface area contributed by atoms with Crippen LogP contribution in [0.15, 0.2) is 36.7 Å². The molecule has 0 fully saturated rings. The van der Waals surface area contributed by atoms with Gasteiger partial charge in [-0.2, -0.15) is 0 Å². The van der Waals surface area contributed by atoms with E-state index in [0.29, 0.717) is 11.4 Å². The molecule has 0 unspecified atom stereocenters. The standard InChI is InChI=1S/C14H17N3O2/c1-3-13-15-8-9-17(13)10-14(18)16-11-6-4-5-7-12(11)19-2/h4-9H,3,10H2,1-2H3,(H,16,18). The van der Waals surface area contributed by atoms with E-state index in [2.05, 4.69) is 10.3 Å². The Hall–Kier alpha value is -2.30. The maximum atomic E-state index is 12.0. The highest BCUT2D eigenvalue weighted by atomic mass is 16.5. The van der Waals surface area contributed by atoms with Crippen LogP contribution < -0.4 is 10.1 Å². The van der Waals surface area contributed by atoms with E-state index < -0.39 is 0 Å². The molecule has 1 aromatic carbocycles. The normalized spacial score (nSPS) is 10.2. The van der Waals surface area contributed by atoms with Crippen molar-refractivity contribution in [1.82, 2.24) is 9.55 Å². The number of ether oxygens (including phenoxy) is 1. The summed E-state index contributed by atoms with van der Waals surface area (Å²) in [5.74, 6) is 1.45. The fourth-order valence-corrected chi connectivity index (χ4v) is 1.89. The van der Waals surface area contributed by atoms with E-state index in [1.54, 1.807) is 19.5 Å². The number of anilines is 1. The predicted molar refractivity (Wildman–Crippen MR) is 73.2 cm³/mol. The van der Waals surface area contributed by atoms with Gasteiger partial charge in [0, 0.05) is 18.8 Å². The Morgan fingerprint density at radius 2 is 2.21 bits per heavy atom. The zero-order valence-electron chi connectivity index (χ0n) is 11.1. The van der Waals surface area contributed by atoms with Crippen LogP contribution in [0.1, 0.15) is 12.7 Å². The van der Waals surface area contributed by atoms with Crippen molar-refractivity contribution in [3.63, 3.8) is 0 Å². The lowest BCUT2D eigenvalue weighted by Gasteiger charge is -2.11. The molecule has 2 rings (SSSR count). The first-order valence-corrected chi connectivity index (χ1v) is 6.17. The predicted octanol–water partition coefficient (Wildman–Crippen LogP) is 2.09. The van der Waals surface area contributed by atoms with Gasteiger partial charge in [-0.1, -0.05) is 19.1 Å². The Bertz CT molecular complexity index is 563. The molecule has 1 amide bonds. The number of imidazole rings is 1. The molecule has 0 spiro atoms. The van der Waals surface area contributed by atoms with Crippen molar-refractivity contribution in [2.75, 3.05) is 12.4 Å². The number of rotatable bonds is 5. The van der Waals surface area contributed by atoms with Crippen molar-refractivity contribution in [3.8, 4) is 5.75 Å². The highest BCUT2D eigenvalue weighted by Crippen LogP contribution is 2.22. The highest BCUT2D eigenvalue weighted by Gasteiger charge is 2.09. The number of hydrogen-bond donors (Lipinski definition) is 1. The summed E-state index contributed by atoms with van der Waals surface area (Å²) < 4.78 is 7.03. The first kappa shape index (κ1) is 13.1. The van der Waals surface area contributed by atoms with Crippen LogP contribution in [0.3, 0.4) is 0 Å². The van der Waals surface area contributed by atoms with Gasteiger partial charge in [-0.15, -0.1) is 0 Å². The molecule has 0 bridgehead atoms. The zero-order chi connectivity index (χ0) is 13.7. The molecule has 0 radical (unpaired) electrons. The minimum atomic E-state index is -0.0998. The second-order valence-electron chi connectivity index (χ2n) is 4.07. The average molecular weight is 259 g/mol. The summed E-state index contributed by atoms with van der Waals surface area (Å²) in [5, 5.41) is 2.84. The van der Waals surface area contributed by atoms with Crippen LogP contribution in [-0.4, -0.2) is 22.6 Å². The van der Waals surface area contributed by atoms with Crippen LogP contribution in [0.2, 0.25) is 0 Å². The minimum Gasteiger partial charge on any atom is -0.495 e. The molecule has 100 valence electrons. The van der Waals surface area contributed by atoms with Crippen molar-refractivity contribution in [3.05, 3.63) is 42.5 Å². The van der Waals surface area contributed by atoms with Crippen LogP contribution in [0.25, 0.3) is 0 Å². The lowest BCUT2D eigenvalue weighted by Crippen LogP contribution is -2.20. The van der Waals surface area contributed by atoms with E-state index in [9.17, 15) is 4.79 Å². The second-order valence-corrected chi connectivity index (χ2v) is 4.07. The van der Waals surface area contributed by atoms with Crippen LogP contribution in [0, 0.1) is 0 Å². The Kier molecular flexibility index (Phi) is 4.18. The summed E-state index contributed by atoms with van der Waals surface area (Å²) in [4.78, 5) is 16.2. The molecule has 5 nitrogen and oxygen atoms in total. The van der Waals surface area contributed by atoms with Gasteiger partial charge >= 0.3 is 0 Å². The molecule has 2 aromatic rings. The molecule has 0 aliphatic carbocycles. The molecule has 0 saturated heterocycles. The van der Waals surface area contributed by atoms with Crippen molar-refractivity contribution >= 4 is 11.6 Å². The van der Waals surface area contributed by atoms with Gasteiger partial charge in [0.2, 0.25) is 5.91 Å². The van der Waals surface area contributed by atoms with Crippen molar-refractivity contribution < 1.29 is 9.53 Å². The molecular weight excluding hydrogens is 242 g/mol. The average Bonchev–Trinajstić information content (AvgIpc) is 2.86. The lowest BCUT2D eigenvalue weighted by atomic mass is 10.3. The summed E-state index contributed by atoms with van der Waals surface area (Å²) >= 11 is 0. The van der Waals surface area contributed by atoms with E-state index in [0.717, 1.165) is 12.2 Å². The van der Waals surface area contributed by atoms with Crippen LogP contribution in [0.5, 0.6) is 5.75 Å². The number of aromatic nitrogens is 2. The van der Waals surface area contributed by atoms with Crippen LogP contribution in [-0.2, 0) is 17.8 Å². The molecule has 0 aliphatic rings. The minimum absolute atomic E-state index is 0.0998. The quantitative estimate of drug-likeness (QED) is 0.894. The summed E-state index contributed by atoms with van der Waals surface area (Å²) in [6.07, 6.45) is 4.31. The molecule has 1 N–H and O–H groups in total. The summed E-state index contributed by atoms with van der Waals surface area (Å²) in [5.41, 5.74) is 0.674. The molecule has 0 atom stereocenters. The Labute approximate surface area is 112 Å². The van der Waals surface area contributed by atoms with Gasteiger partial charge in [-0.05, 0) is 12.1 Å². The van der Waals surface area contributed by atoms with Crippen LogP contribution >= 0.6 is 0 Å². The Morgan fingerprint density at radius 3 is 2.95 bits per heavy atom. The number of methoxy groups -OCH3 is 1. The molecule has 1 aromatic heterocycles. The van der Waals surface area contributed by atoms with E-state index in [-0.39, 0.29) is 12.5 Å². The Balaban J connectivity index is 2.05. The fraction of sp³-hybridized carbons (Fsp3) is 0.286. The second kappa shape index (κ2) is 6.04. The topological polar surface area (TPSA) is 56.2 Å². The molecule has 0 aliphatic heterocycles.